The summed E-state index contributed by atoms with van der Waals surface area (Å²) in [5.41, 5.74) is 6.76. The Morgan fingerprint density at radius 3 is 3.00 bits per heavy atom. The van der Waals surface area contributed by atoms with E-state index in [9.17, 15) is 4.79 Å². The lowest BCUT2D eigenvalue weighted by Crippen LogP contribution is -2.05. The highest BCUT2D eigenvalue weighted by molar-refractivity contribution is 7.09. The van der Waals surface area contributed by atoms with Crippen molar-refractivity contribution in [2.24, 2.45) is 0 Å². The lowest BCUT2D eigenvalue weighted by Gasteiger charge is -1.95. The van der Waals surface area contributed by atoms with Gasteiger partial charge in [0.15, 0.2) is 5.78 Å². The second-order valence-corrected chi connectivity index (χ2v) is 4.22. The fourth-order valence-electron chi connectivity index (χ4n) is 1.27. The Kier molecular flexibility index (Phi) is 2.51. The van der Waals surface area contributed by atoms with Gasteiger partial charge in [-0.2, -0.15) is 5.10 Å². The summed E-state index contributed by atoms with van der Waals surface area (Å²) in [5, 5.41) is 9.07. The van der Waals surface area contributed by atoms with E-state index in [1.54, 1.807) is 0 Å². The minimum atomic E-state index is -0.0634. The van der Waals surface area contributed by atoms with Gasteiger partial charge < -0.3 is 5.73 Å². The van der Waals surface area contributed by atoms with Gasteiger partial charge >= 0.3 is 0 Å². The molecule has 0 spiro atoms. The number of aromatic nitrogens is 3. The molecule has 0 amide bonds. The van der Waals surface area contributed by atoms with E-state index in [2.05, 4.69) is 15.2 Å². The maximum Gasteiger partial charge on any atom is 0.174 e. The van der Waals surface area contributed by atoms with E-state index in [1.165, 1.54) is 17.5 Å². The highest BCUT2D eigenvalue weighted by atomic mass is 32.1. The van der Waals surface area contributed by atoms with E-state index >= 15 is 0 Å². The number of anilines is 1. The number of ketones is 1. The molecule has 0 unspecified atom stereocenters. The molecule has 78 valence electrons. The van der Waals surface area contributed by atoms with E-state index in [0.717, 1.165) is 10.7 Å². The molecular formula is C9H10N4OS. The quantitative estimate of drug-likeness (QED) is 0.764. The number of nitrogens with zero attached hydrogens (tertiary/aromatic N) is 2. The monoisotopic (exact) mass is 222 g/mol. The van der Waals surface area contributed by atoms with Crippen molar-refractivity contribution in [1.29, 1.82) is 0 Å². The number of nitrogen functional groups attached to an aromatic ring is 1. The Labute approximate surface area is 90.3 Å². The zero-order chi connectivity index (χ0) is 10.8. The fraction of sp³-hybridized carbons (Fsp3) is 0.222. The van der Waals surface area contributed by atoms with Crippen LogP contribution in [0.2, 0.25) is 0 Å². The number of H-pyrrole nitrogens is 1. The number of carbonyl (C=O) groups excluding carboxylic acids is 1. The zero-order valence-corrected chi connectivity index (χ0v) is 8.97. The molecule has 3 N–H and O–H groups in total. The number of aryl methyl sites for hydroxylation is 1. The third kappa shape index (κ3) is 2.04. The zero-order valence-electron chi connectivity index (χ0n) is 8.15. The molecule has 0 fully saturated rings. The Morgan fingerprint density at radius 1 is 1.67 bits per heavy atom. The van der Waals surface area contributed by atoms with Crippen molar-refractivity contribution < 1.29 is 4.79 Å². The predicted molar refractivity (Wildman–Crippen MR) is 57.9 cm³/mol. The van der Waals surface area contributed by atoms with E-state index in [4.69, 9.17) is 5.73 Å². The minimum Gasteiger partial charge on any atom is -0.383 e. The number of nitrogens with two attached hydrogens (primary N) is 1. The van der Waals surface area contributed by atoms with Gasteiger partial charge in [-0.1, -0.05) is 0 Å². The van der Waals surface area contributed by atoms with Crippen LogP contribution < -0.4 is 5.73 Å². The summed E-state index contributed by atoms with van der Waals surface area (Å²) >= 11 is 1.53. The molecule has 0 atom stereocenters. The van der Waals surface area contributed by atoms with Crippen LogP contribution in [0.4, 0.5) is 5.82 Å². The van der Waals surface area contributed by atoms with Crippen LogP contribution in [0.25, 0.3) is 0 Å². The van der Waals surface area contributed by atoms with Crippen molar-refractivity contribution in [3.8, 4) is 0 Å². The van der Waals surface area contributed by atoms with E-state index < -0.39 is 0 Å². The van der Waals surface area contributed by atoms with Crippen molar-refractivity contribution in [2.45, 2.75) is 13.3 Å². The molecule has 6 heteroatoms. The number of Topliss-reactive ketones (excluding diaryl/α,β-unsaturated/α-hetero) is 1. The van der Waals surface area contributed by atoms with Gasteiger partial charge in [-0.15, -0.1) is 11.3 Å². The third-order valence-electron chi connectivity index (χ3n) is 1.98. The summed E-state index contributed by atoms with van der Waals surface area (Å²) in [6.07, 6.45) is 1.71. The van der Waals surface area contributed by atoms with Crippen molar-refractivity contribution in [3.63, 3.8) is 0 Å². The minimum absolute atomic E-state index is 0.0634. The van der Waals surface area contributed by atoms with E-state index in [-0.39, 0.29) is 12.2 Å². The second-order valence-electron chi connectivity index (χ2n) is 3.16. The number of hydrogen-bond acceptors (Lipinski definition) is 5. The summed E-state index contributed by atoms with van der Waals surface area (Å²) in [6.45, 7) is 1.91. The molecule has 0 aromatic carbocycles. The normalized spacial score (nSPS) is 10.5. The number of thiazole rings is 1. The Bertz CT molecular complexity index is 488. The first-order valence-corrected chi connectivity index (χ1v) is 5.28. The molecule has 0 saturated carbocycles. The van der Waals surface area contributed by atoms with Gasteiger partial charge in [-0.3, -0.25) is 9.89 Å². The number of aromatic amines is 1. The Hall–Kier alpha value is -1.69. The van der Waals surface area contributed by atoms with E-state index in [1.807, 2.05) is 12.3 Å². The lowest BCUT2D eigenvalue weighted by molar-refractivity contribution is 0.0993. The van der Waals surface area contributed by atoms with Crippen LogP contribution in [-0.4, -0.2) is 21.0 Å². The average molecular weight is 222 g/mol. The number of rotatable bonds is 3. The van der Waals surface area contributed by atoms with Crippen LogP contribution in [-0.2, 0) is 6.42 Å². The molecule has 0 bridgehead atoms. The summed E-state index contributed by atoms with van der Waals surface area (Å²) in [5.74, 6) is 0.249. The van der Waals surface area contributed by atoms with Crippen LogP contribution >= 0.6 is 11.3 Å². The molecule has 2 aromatic heterocycles. The van der Waals surface area contributed by atoms with Gasteiger partial charge in [0.2, 0.25) is 0 Å². The molecule has 2 heterocycles. The molecule has 0 aliphatic carbocycles. The van der Waals surface area contributed by atoms with Crippen LogP contribution in [0.1, 0.15) is 21.1 Å². The van der Waals surface area contributed by atoms with Gasteiger partial charge in [0.1, 0.15) is 5.82 Å². The first-order valence-electron chi connectivity index (χ1n) is 4.40. The number of carbonyl (C=O) groups is 1. The average Bonchev–Trinajstić information content (AvgIpc) is 2.75. The molecule has 5 nitrogen and oxygen atoms in total. The molecule has 0 aliphatic rings. The smallest absolute Gasteiger partial charge is 0.174 e. The lowest BCUT2D eigenvalue weighted by atomic mass is 10.1. The molecule has 2 rings (SSSR count). The fourth-order valence-corrected chi connectivity index (χ4v) is 1.88. The largest absolute Gasteiger partial charge is 0.383 e. The SMILES string of the molecule is Cc1nc(CC(=O)c2cn[nH]c2N)cs1. The van der Waals surface area contributed by atoms with Crippen LogP contribution in [0.3, 0.4) is 0 Å². The van der Waals surface area contributed by atoms with Gasteiger partial charge in [-0.05, 0) is 6.92 Å². The Morgan fingerprint density at radius 2 is 2.47 bits per heavy atom. The first kappa shape index (κ1) is 9.85. The highest BCUT2D eigenvalue weighted by Gasteiger charge is 2.13. The summed E-state index contributed by atoms with van der Waals surface area (Å²) in [7, 11) is 0. The molecule has 0 aliphatic heterocycles. The van der Waals surface area contributed by atoms with Gasteiger partial charge in [0.05, 0.1) is 28.9 Å². The van der Waals surface area contributed by atoms with Gasteiger partial charge in [-0.25, -0.2) is 4.98 Å². The van der Waals surface area contributed by atoms with Crippen molar-refractivity contribution >= 4 is 22.9 Å². The molecule has 2 aromatic rings. The van der Waals surface area contributed by atoms with Gasteiger partial charge in [0.25, 0.3) is 0 Å². The molecule has 0 radical (unpaired) electrons. The maximum atomic E-state index is 11.7. The van der Waals surface area contributed by atoms with E-state index in [0.29, 0.717) is 11.4 Å². The summed E-state index contributed by atoms with van der Waals surface area (Å²) in [6, 6.07) is 0. The summed E-state index contributed by atoms with van der Waals surface area (Å²) in [4.78, 5) is 15.9. The van der Waals surface area contributed by atoms with Crippen LogP contribution in [0.15, 0.2) is 11.6 Å². The van der Waals surface area contributed by atoms with Crippen molar-refractivity contribution in [3.05, 3.63) is 27.8 Å². The third-order valence-corrected chi connectivity index (χ3v) is 2.80. The predicted octanol–water partition coefficient (Wildman–Crippen LogP) is 1.18. The number of nitrogens with one attached hydrogen (secondary N) is 1. The molecular weight excluding hydrogens is 212 g/mol. The highest BCUT2D eigenvalue weighted by Crippen LogP contribution is 2.13. The van der Waals surface area contributed by atoms with Crippen LogP contribution in [0, 0.1) is 6.92 Å². The second kappa shape index (κ2) is 3.82. The first-order chi connectivity index (χ1) is 7.16. The van der Waals surface area contributed by atoms with Crippen molar-refractivity contribution in [1.82, 2.24) is 15.2 Å². The maximum absolute atomic E-state index is 11.7. The van der Waals surface area contributed by atoms with Gasteiger partial charge in [0, 0.05) is 5.38 Å². The topological polar surface area (TPSA) is 84.7 Å². The Balaban J connectivity index is 2.14. The van der Waals surface area contributed by atoms with Crippen molar-refractivity contribution in [2.75, 3.05) is 5.73 Å². The molecule has 0 saturated heterocycles. The number of hydrogen-bond donors (Lipinski definition) is 2. The summed E-state index contributed by atoms with van der Waals surface area (Å²) < 4.78 is 0. The standard InChI is InChI=1S/C9H10N4OS/c1-5-12-6(4-15-5)2-8(14)7-3-11-13-9(7)10/h3-4H,2H2,1H3,(H3,10,11,13). The van der Waals surface area contributed by atoms with Crippen LogP contribution in [0.5, 0.6) is 0 Å². The molecule has 15 heavy (non-hydrogen) atoms.